The van der Waals surface area contributed by atoms with E-state index in [0.29, 0.717) is 6.61 Å². The third kappa shape index (κ3) is 5.26. The van der Waals surface area contributed by atoms with Crippen molar-refractivity contribution < 1.29 is 14.6 Å². The van der Waals surface area contributed by atoms with Crippen LogP contribution in [-0.2, 0) is 17.6 Å². The number of methoxy groups -OCH3 is 1. The minimum Gasteiger partial charge on any atom is -0.496 e. The molecule has 0 radical (unpaired) electrons. The van der Waals surface area contributed by atoms with E-state index in [-0.39, 0.29) is 5.41 Å². The summed E-state index contributed by atoms with van der Waals surface area (Å²) in [6.07, 6.45) is 0. The van der Waals surface area contributed by atoms with Crippen molar-refractivity contribution in [3.05, 3.63) is 119 Å². The molecule has 35 heavy (non-hydrogen) atoms. The average molecular weight is 467 g/mol. The topological polar surface area (TPSA) is 38.7 Å². The molecular weight excluding hydrogens is 432 g/mol. The number of ether oxygens (including phenoxy) is 2. The minimum absolute atomic E-state index is 0.155. The summed E-state index contributed by atoms with van der Waals surface area (Å²) >= 11 is 0. The zero-order valence-corrected chi connectivity index (χ0v) is 21.2. The summed E-state index contributed by atoms with van der Waals surface area (Å²) in [6, 6.07) is 32.1. The molecule has 0 fully saturated rings. The van der Waals surface area contributed by atoms with Crippen LogP contribution in [0.2, 0.25) is 0 Å². The smallest absolute Gasteiger partial charge is 0.129 e. The van der Waals surface area contributed by atoms with Gasteiger partial charge in [0.25, 0.3) is 0 Å². The van der Waals surface area contributed by atoms with Crippen LogP contribution >= 0.6 is 0 Å². The summed E-state index contributed by atoms with van der Waals surface area (Å²) in [6.45, 7) is 8.76. The van der Waals surface area contributed by atoms with Crippen LogP contribution in [0.1, 0.15) is 49.9 Å². The maximum absolute atomic E-state index is 12.0. The SMILES string of the molecule is COc1ccccc1-c1cccc(C(C)(O)c2cccc(C(C)(C)C)c2OCc2ccccc2)c1. The highest BCUT2D eigenvalue weighted by molar-refractivity contribution is 5.71. The van der Waals surface area contributed by atoms with Gasteiger partial charge >= 0.3 is 0 Å². The fraction of sp³-hybridized carbons (Fsp3) is 0.250. The Morgan fingerprint density at radius 1 is 0.714 bits per heavy atom. The van der Waals surface area contributed by atoms with Gasteiger partial charge in [0.05, 0.1) is 7.11 Å². The highest BCUT2D eigenvalue weighted by atomic mass is 16.5. The maximum Gasteiger partial charge on any atom is 0.129 e. The first-order chi connectivity index (χ1) is 16.7. The molecule has 0 saturated heterocycles. The van der Waals surface area contributed by atoms with E-state index < -0.39 is 5.60 Å². The molecule has 3 nitrogen and oxygen atoms in total. The van der Waals surface area contributed by atoms with Gasteiger partial charge in [-0.2, -0.15) is 0 Å². The van der Waals surface area contributed by atoms with E-state index in [1.165, 1.54) is 0 Å². The molecular formula is C32H34O3. The molecule has 0 bridgehead atoms. The van der Waals surface area contributed by atoms with Gasteiger partial charge < -0.3 is 14.6 Å². The lowest BCUT2D eigenvalue weighted by Crippen LogP contribution is -2.26. The van der Waals surface area contributed by atoms with Gasteiger partial charge in [-0.15, -0.1) is 0 Å². The second-order valence-corrected chi connectivity index (χ2v) is 10.1. The summed E-state index contributed by atoms with van der Waals surface area (Å²) < 4.78 is 12.0. The second kappa shape index (κ2) is 9.97. The Morgan fingerprint density at radius 2 is 1.37 bits per heavy atom. The molecule has 4 rings (SSSR count). The van der Waals surface area contributed by atoms with Crippen LogP contribution in [0.3, 0.4) is 0 Å². The number of hydrogen-bond acceptors (Lipinski definition) is 3. The summed E-state index contributed by atoms with van der Waals surface area (Å²) in [4.78, 5) is 0. The van der Waals surface area contributed by atoms with E-state index in [4.69, 9.17) is 9.47 Å². The maximum atomic E-state index is 12.0. The monoisotopic (exact) mass is 466 g/mol. The summed E-state index contributed by atoms with van der Waals surface area (Å²) in [7, 11) is 1.67. The van der Waals surface area contributed by atoms with E-state index >= 15 is 0 Å². The first-order valence-electron chi connectivity index (χ1n) is 12.0. The van der Waals surface area contributed by atoms with E-state index in [1.807, 2.05) is 97.9 Å². The molecule has 4 aromatic carbocycles. The molecule has 0 spiro atoms. The van der Waals surface area contributed by atoms with Crippen LogP contribution in [0.5, 0.6) is 11.5 Å². The molecule has 0 aliphatic rings. The van der Waals surface area contributed by atoms with Crippen LogP contribution in [0.25, 0.3) is 11.1 Å². The van der Waals surface area contributed by atoms with Crippen molar-refractivity contribution in [3.8, 4) is 22.6 Å². The van der Waals surface area contributed by atoms with Crippen LogP contribution in [-0.4, -0.2) is 12.2 Å². The third-order valence-corrected chi connectivity index (χ3v) is 6.42. The van der Waals surface area contributed by atoms with Crippen molar-refractivity contribution >= 4 is 0 Å². The molecule has 3 heteroatoms. The summed E-state index contributed by atoms with van der Waals surface area (Å²) in [5.74, 6) is 1.53. The van der Waals surface area contributed by atoms with Gasteiger partial charge in [-0.25, -0.2) is 0 Å². The van der Waals surface area contributed by atoms with E-state index in [0.717, 1.165) is 44.9 Å². The van der Waals surface area contributed by atoms with Crippen molar-refractivity contribution in [1.82, 2.24) is 0 Å². The van der Waals surface area contributed by atoms with Crippen molar-refractivity contribution in [2.45, 2.75) is 45.3 Å². The Kier molecular flexibility index (Phi) is 7.00. The normalized spacial score (nSPS) is 13.2. The van der Waals surface area contributed by atoms with Crippen LogP contribution in [0.4, 0.5) is 0 Å². The molecule has 1 N–H and O–H groups in total. The predicted octanol–water partition coefficient (Wildman–Crippen LogP) is 7.49. The molecule has 0 aromatic heterocycles. The molecule has 1 atom stereocenters. The minimum atomic E-state index is -1.27. The number of hydrogen-bond donors (Lipinski definition) is 1. The molecule has 0 amide bonds. The Hall–Kier alpha value is -3.56. The molecule has 0 heterocycles. The van der Waals surface area contributed by atoms with Crippen LogP contribution in [0, 0.1) is 0 Å². The number of benzene rings is 4. The zero-order valence-electron chi connectivity index (χ0n) is 21.2. The molecule has 180 valence electrons. The van der Waals surface area contributed by atoms with Gasteiger partial charge in [0.1, 0.15) is 23.7 Å². The predicted molar refractivity (Wildman–Crippen MR) is 143 cm³/mol. The van der Waals surface area contributed by atoms with Gasteiger partial charge in [0.2, 0.25) is 0 Å². The van der Waals surface area contributed by atoms with Crippen molar-refractivity contribution in [3.63, 3.8) is 0 Å². The zero-order chi connectivity index (χ0) is 25.1. The Morgan fingerprint density at radius 3 is 2.09 bits per heavy atom. The van der Waals surface area contributed by atoms with E-state index in [2.05, 4.69) is 26.8 Å². The fourth-order valence-corrected chi connectivity index (χ4v) is 4.42. The van der Waals surface area contributed by atoms with Crippen molar-refractivity contribution in [1.29, 1.82) is 0 Å². The van der Waals surface area contributed by atoms with E-state index in [1.54, 1.807) is 7.11 Å². The molecule has 4 aromatic rings. The molecule has 0 aliphatic carbocycles. The van der Waals surface area contributed by atoms with Gasteiger partial charge in [0.15, 0.2) is 0 Å². The Balaban J connectivity index is 1.80. The Labute approximate surface area is 209 Å². The van der Waals surface area contributed by atoms with Gasteiger partial charge in [0, 0.05) is 11.1 Å². The van der Waals surface area contributed by atoms with Gasteiger partial charge in [-0.1, -0.05) is 106 Å². The van der Waals surface area contributed by atoms with Crippen molar-refractivity contribution in [2.75, 3.05) is 7.11 Å². The quantitative estimate of drug-likeness (QED) is 0.307. The number of rotatable bonds is 7. The molecule has 0 aliphatic heterocycles. The largest absolute Gasteiger partial charge is 0.496 e. The summed E-state index contributed by atoms with van der Waals surface area (Å²) in [5, 5.41) is 12.0. The molecule has 0 saturated carbocycles. The summed E-state index contributed by atoms with van der Waals surface area (Å²) in [5.41, 5.74) is 4.22. The lowest BCUT2D eigenvalue weighted by Gasteiger charge is -2.31. The highest BCUT2D eigenvalue weighted by Gasteiger charge is 2.33. The van der Waals surface area contributed by atoms with Crippen LogP contribution in [0.15, 0.2) is 97.1 Å². The van der Waals surface area contributed by atoms with Gasteiger partial charge in [-0.05, 0) is 46.7 Å². The number of aliphatic hydroxyl groups is 1. The number of para-hydroxylation sites is 2. The molecule has 1 unspecified atom stereocenters. The highest BCUT2D eigenvalue weighted by Crippen LogP contribution is 2.43. The van der Waals surface area contributed by atoms with E-state index in [9.17, 15) is 5.11 Å². The second-order valence-electron chi connectivity index (χ2n) is 10.1. The average Bonchev–Trinajstić information content (AvgIpc) is 2.87. The first kappa shape index (κ1) is 24.6. The van der Waals surface area contributed by atoms with Crippen molar-refractivity contribution in [2.24, 2.45) is 0 Å². The van der Waals surface area contributed by atoms with Crippen LogP contribution < -0.4 is 9.47 Å². The Bertz CT molecular complexity index is 1280. The standard InChI is InChI=1S/C32H34O3/c1-31(2,3)27-18-12-19-28(30(27)35-22-23-13-7-6-8-14-23)32(4,33)25-16-11-15-24(21-25)26-17-9-10-20-29(26)34-5/h6-21,33H,22H2,1-5H3. The third-order valence-electron chi connectivity index (χ3n) is 6.42. The fourth-order valence-electron chi connectivity index (χ4n) is 4.42. The lowest BCUT2D eigenvalue weighted by atomic mass is 9.80. The van der Waals surface area contributed by atoms with Gasteiger partial charge in [-0.3, -0.25) is 0 Å². The first-order valence-corrected chi connectivity index (χ1v) is 12.0. The lowest BCUT2D eigenvalue weighted by molar-refractivity contribution is 0.0970.